The van der Waals surface area contributed by atoms with Gasteiger partial charge in [0.05, 0.1) is 27.7 Å². The molecule has 3 rings (SSSR count). The number of nitro benzene ring substituents is 2. The number of carbonyl (C=O) groups excluding carboxylic acids is 2. The van der Waals surface area contributed by atoms with Crippen molar-refractivity contribution in [2.24, 2.45) is 5.10 Å². The smallest absolute Gasteiger partial charge is 0.277 e. The second kappa shape index (κ2) is 12.8. The Labute approximate surface area is 209 Å². The van der Waals surface area contributed by atoms with E-state index in [2.05, 4.69) is 15.8 Å². The average Bonchev–Trinajstić information content (AvgIpc) is 2.88. The fourth-order valence-corrected chi connectivity index (χ4v) is 4.03. The van der Waals surface area contributed by atoms with Crippen LogP contribution in [-0.2, 0) is 10.5 Å². The maximum atomic E-state index is 12.9. The number of amides is 2. The Hall–Kier alpha value is -4.58. The van der Waals surface area contributed by atoms with Crippen LogP contribution in [0.5, 0.6) is 0 Å². The van der Waals surface area contributed by atoms with E-state index >= 15 is 0 Å². The zero-order valence-electron chi connectivity index (χ0n) is 18.8. The maximum absolute atomic E-state index is 12.9. The summed E-state index contributed by atoms with van der Waals surface area (Å²) in [5.41, 5.74) is 2.62. The highest BCUT2D eigenvalue weighted by Gasteiger charge is 2.25. The number of nitro groups is 2. The standard InChI is InChI=1S/C24H21N5O6S/c30-23(19-11-20(28(32)33)13-21(12-19)29(34)35)26-22(16-36-15-18-9-5-2-6-10-18)24(31)27-25-14-17-7-3-1-4-8-17/h1-14,22H,15-16H2,(H,26,30)(H,27,31)/b25-14+. The Kier molecular flexibility index (Phi) is 9.23. The van der Waals surface area contributed by atoms with Gasteiger partial charge in [-0.05, 0) is 11.1 Å². The van der Waals surface area contributed by atoms with Crippen LogP contribution in [0.4, 0.5) is 11.4 Å². The predicted molar refractivity (Wildman–Crippen MR) is 136 cm³/mol. The molecule has 0 aliphatic heterocycles. The van der Waals surface area contributed by atoms with E-state index in [1.54, 1.807) is 12.1 Å². The second-order valence-corrected chi connectivity index (χ2v) is 8.45. The maximum Gasteiger partial charge on any atom is 0.277 e. The molecule has 0 radical (unpaired) electrons. The van der Waals surface area contributed by atoms with Crippen molar-refractivity contribution in [3.8, 4) is 0 Å². The van der Waals surface area contributed by atoms with Crippen LogP contribution in [-0.4, -0.2) is 39.7 Å². The first-order chi connectivity index (χ1) is 17.3. The van der Waals surface area contributed by atoms with Gasteiger partial charge in [-0.1, -0.05) is 60.7 Å². The lowest BCUT2D eigenvalue weighted by molar-refractivity contribution is -0.394. The molecule has 0 aromatic heterocycles. The Morgan fingerprint density at radius 2 is 1.50 bits per heavy atom. The number of benzene rings is 3. The fraction of sp³-hybridized carbons (Fsp3) is 0.125. The molecule has 0 aliphatic rings. The normalized spacial score (nSPS) is 11.6. The van der Waals surface area contributed by atoms with Crippen molar-refractivity contribution < 1.29 is 19.4 Å². The highest BCUT2D eigenvalue weighted by Crippen LogP contribution is 2.23. The quantitative estimate of drug-likeness (QED) is 0.228. The minimum atomic E-state index is -1.07. The van der Waals surface area contributed by atoms with Crippen LogP contribution in [0.15, 0.2) is 84.0 Å². The summed E-state index contributed by atoms with van der Waals surface area (Å²) in [4.78, 5) is 46.3. The van der Waals surface area contributed by atoms with Gasteiger partial charge in [0, 0.05) is 23.6 Å². The number of thioether (sulfide) groups is 1. The van der Waals surface area contributed by atoms with Crippen LogP contribution >= 0.6 is 11.8 Å². The number of carbonyl (C=O) groups is 2. The van der Waals surface area contributed by atoms with Crippen LogP contribution in [0.3, 0.4) is 0 Å². The topological polar surface area (TPSA) is 157 Å². The summed E-state index contributed by atoms with van der Waals surface area (Å²) in [6.45, 7) is 0. The predicted octanol–water partition coefficient (Wildman–Crippen LogP) is 3.69. The Morgan fingerprint density at radius 1 is 0.917 bits per heavy atom. The fourth-order valence-electron chi connectivity index (χ4n) is 3.02. The summed E-state index contributed by atoms with van der Waals surface area (Å²) in [7, 11) is 0. The van der Waals surface area contributed by atoms with Crippen molar-refractivity contribution in [2.75, 3.05) is 5.75 Å². The Morgan fingerprint density at radius 3 is 2.08 bits per heavy atom. The van der Waals surface area contributed by atoms with Crippen LogP contribution in [0.25, 0.3) is 0 Å². The number of nitrogens with zero attached hydrogens (tertiary/aromatic N) is 3. The van der Waals surface area contributed by atoms with E-state index in [1.807, 2.05) is 48.5 Å². The van der Waals surface area contributed by atoms with Crippen LogP contribution in [0.2, 0.25) is 0 Å². The molecule has 1 unspecified atom stereocenters. The lowest BCUT2D eigenvalue weighted by Gasteiger charge is -2.17. The molecule has 0 aliphatic carbocycles. The largest absolute Gasteiger partial charge is 0.339 e. The molecule has 2 N–H and O–H groups in total. The van der Waals surface area contributed by atoms with Gasteiger partial charge in [0.25, 0.3) is 23.2 Å². The molecule has 1 atom stereocenters. The van der Waals surface area contributed by atoms with Crippen molar-refractivity contribution in [3.05, 3.63) is 116 Å². The third kappa shape index (κ3) is 7.74. The highest BCUT2D eigenvalue weighted by molar-refractivity contribution is 7.98. The molecule has 11 nitrogen and oxygen atoms in total. The molecule has 0 bridgehead atoms. The second-order valence-electron chi connectivity index (χ2n) is 7.42. The van der Waals surface area contributed by atoms with Gasteiger partial charge < -0.3 is 5.32 Å². The van der Waals surface area contributed by atoms with E-state index in [0.717, 1.165) is 29.3 Å². The number of hydrogen-bond acceptors (Lipinski definition) is 8. The molecule has 12 heteroatoms. The van der Waals surface area contributed by atoms with Gasteiger partial charge in [0.2, 0.25) is 0 Å². The SMILES string of the molecule is O=C(NC(CSCc1ccccc1)C(=O)N/N=C/c1ccccc1)c1cc([N+](=O)[O-])cc([N+](=O)[O-])c1. The van der Waals surface area contributed by atoms with E-state index < -0.39 is 39.1 Å². The molecule has 0 saturated heterocycles. The summed E-state index contributed by atoms with van der Waals surface area (Å²) >= 11 is 1.38. The van der Waals surface area contributed by atoms with E-state index in [-0.39, 0.29) is 11.3 Å². The summed E-state index contributed by atoms with van der Waals surface area (Å²) in [5.74, 6) is -0.759. The minimum Gasteiger partial charge on any atom is -0.339 e. The minimum absolute atomic E-state index is 0.157. The first-order valence-electron chi connectivity index (χ1n) is 10.6. The Balaban J connectivity index is 1.75. The van der Waals surface area contributed by atoms with E-state index in [0.29, 0.717) is 5.75 Å². The summed E-state index contributed by atoms with van der Waals surface area (Å²) in [5, 5.41) is 28.7. The molecular weight excluding hydrogens is 486 g/mol. The number of rotatable bonds is 11. The molecule has 0 spiro atoms. The van der Waals surface area contributed by atoms with Gasteiger partial charge in [-0.3, -0.25) is 29.8 Å². The van der Waals surface area contributed by atoms with Crippen molar-refractivity contribution in [1.29, 1.82) is 0 Å². The lowest BCUT2D eigenvalue weighted by atomic mass is 10.1. The van der Waals surface area contributed by atoms with Gasteiger partial charge in [0.1, 0.15) is 6.04 Å². The van der Waals surface area contributed by atoms with Gasteiger partial charge in [-0.15, -0.1) is 0 Å². The van der Waals surface area contributed by atoms with E-state index in [4.69, 9.17) is 0 Å². The molecule has 184 valence electrons. The number of nitrogens with one attached hydrogen (secondary N) is 2. The third-order valence-corrected chi connectivity index (χ3v) is 5.90. The van der Waals surface area contributed by atoms with Gasteiger partial charge in [-0.25, -0.2) is 5.43 Å². The van der Waals surface area contributed by atoms with Gasteiger partial charge in [-0.2, -0.15) is 16.9 Å². The molecule has 3 aromatic rings. The zero-order valence-corrected chi connectivity index (χ0v) is 19.6. The molecule has 2 amide bonds. The van der Waals surface area contributed by atoms with Gasteiger partial charge >= 0.3 is 0 Å². The summed E-state index contributed by atoms with van der Waals surface area (Å²) in [6, 6.07) is 20.1. The van der Waals surface area contributed by atoms with Gasteiger partial charge in [0.15, 0.2) is 0 Å². The molecule has 36 heavy (non-hydrogen) atoms. The van der Waals surface area contributed by atoms with Crippen molar-refractivity contribution in [2.45, 2.75) is 11.8 Å². The first kappa shape index (κ1) is 26.0. The lowest BCUT2D eigenvalue weighted by Crippen LogP contribution is -2.47. The zero-order chi connectivity index (χ0) is 25.9. The molecule has 0 fully saturated rings. The summed E-state index contributed by atoms with van der Waals surface area (Å²) in [6.07, 6.45) is 1.44. The molecule has 3 aromatic carbocycles. The van der Waals surface area contributed by atoms with E-state index in [1.165, 1.54) is 18.0 Å². The Bertz CT molecular complexity index is 1240. The first-order valence-corrected chi connectivity index (χ1v) is 11.7. The molecule has 0 heterocycles. The average molecular weight is 508 g/mol. The third-order valence-electron chi connectivity index (χ3n) is 4.79. The highest BCUT2D eigenvalue weighted by atomic mass is 32.2. The van der Waals surface area contributed by atoms with Crippen LogP contribution in [0.1, 0.15) is 21.5 Å². The van der Waals surface area contributed by atoms with Crippen molar-refractivity contribution >= 4 is 41.2 Å². The number of hydrogen-bond donors (Lipinski definition) is 2. The summed E-state index contributed by atoms with van der Waals surface area (Å²) < 4.78 is 0. The monoisotopic (exact) mass is 507 g/mol. The van der Waals surface area contributed by atoms with Crippen molar-refractivity contribution in [1.82, 2.24) is 10.7 Å². The van der Waals surface area contributed by atoms with Crippen molar-refractivity contribution in [3.63, 3.8) is 0 Å². The number of non-ortho nitro benzene ring substituents is 2. The number of hydrazone groups is 1. The van der Waals surface area contributed by atoms with E-state index in [9.17, 15) is 29.8 Å². The van der Waals surface area contributed by atoms with Crippen LogP contribution < -0.4 is 10.7 Å². The molecular formula is C24H21N5O6S. The van der Waals surface area contributed by atoms with Crippen LogP contribution in [0, 0.1) is 20.2 Å². The molecule has 0 saturated carbocycles.